The van der Waals surface area contributed by atoms with E-state index in [9.17, 15) is 4.79 Å². The Morgan fingerprint density at radius 1 is 1.05 bits per heavy atom. The smallest absolute Gasteiger partial charge is 0.306 e. The van der Waals surface area contributed by atoms with Crippen LogP contribution in [-0.2, 0) is 9.53 Å². The molecule has 0 saturated heterocycles. The van der Waals surface area contributed by atoms with Crippen molar-refractivity contribution in [3.05, 3.63) is 23.3 Å². The second-order valence-corrected chi connectivity index (χ2v) is 6.21. The van der Waals surface area contributed by atoms with Crippen molar-refractivity contribution >= 4 is 5.97 Å². The number of carbonyl (C=O) groups excluding carboxylic acids is 1. The lowest BCUT2D eigenvalue weighted by atomic mass is 9.98. The van der Waals surface area contributed by atoms with Crippen molar-refractivity contribution < 1.29 is 9.53 Å². The van der Waals surface area contributed by atoms with Gasteiger partial charge in [0.2, 0.25) is 0 Å². The highest BCUT2D eigenvalue weighted by molar-refractivity contribution is 5.69. The molecule has 122 valence electrons. The molecule has 0 aliphatic heterocycles. The zero-order chi connectivity index (χ0) is 16.1. The third-order valence-electron chi connectivity index (χ3n) is 3.79. The molecule has 0 fully saturated rings. The van der Waals surface area contributed by atoms with Crippen molar-refractivity contribution in [3.63, 3.8) is 0 Å². The topological polar surface area (TPSA) is 26.3 Å². The lowest BCUT2D eigenvalue weighted by Gasteiger charge is -2.10. The average Bonchev–Trinajstić information content (AvgIpc) is 2.44. The third kappa shape index (κ3) is 12.4. The van der Waals surface area contributed by atoms with Gasteiger partial charge in [0.1, 0.15) is 6.61 Å². The molecule has 0 aliphatic rings. The SMILES string of the molecule is CCCCCCCC(=O)OC/C=C(\C)C(C)CC=C(C)C. The molecule has 0 heterocycles. The van der Waals surface area contributed by atoms with E-state index in [0.717, 1.165) is 19.3 Å². The maximum atomic E-state index is 11.6. The van der Waals surface area contributed by atoms with Gasteiger partial charge in [-0.25, -0.2) is 0 Å². The Balaban J connectivity index is 3.81. The van der Waals surface area contributed by atoms with Crippen LogP contribution in [0.5, 0.6) is 0 Å². The summed E-state index contributed by atoms with van der Waals surface area (Å²) in [4.78, 5) is 11.6. The van der Waals surface area contributed by atoms with Gasteiger partial charge in [0.05, 0.1) is 0 Å². The molecule has 1 atom stereocenters. The molecule has 0 aromatic heterocycles. The molecule has 0 aromatic carbocycles. The van der Waals surface area contributed by atoms with Crippen LogP contribution in [0.15, 0.2) is 23.3 Å². The summed E-state index contributed by atoms with van der Waals surface area (Å²) < 4.78 is 5.26. The third-order valence-corrected chi connectivity index (χ3v) is 3.79. The maximum absolute atomic E-state index is 11.6. The molecule has 0 aliphatic carbocycles. The fourth-order valence-corrected chi connectivity index (χ4v) is 2.01. The highest BCUT2D eigenvalue weighted by Gasteiger charge is 2.04. The van der Waals surface area contributed by atoms with Crippen molar-refractivity contribution in [2.75, 3.05) is 6.61 Å². The summed E-state index contributed by atoms with van der Waals surface area (Å²) in [5.41, 5.74) is 2.65. The molecule has 0 saturated carbocycles. The number of allylic oxidation sites excluding steroid dienone is 3. The number of rotatable bonds is 11. The van der Waals surface area contributed by atoms with E-state index in [-0.39, 0.29) is 5.97 Å². The minimum atomic E-state index is -0.0625. The first kappa shape index (κ1) is 19.9. The Bertz CT molecular complexity index is 335. The molecule has 0 amide bonds. The minimum absolute atomic E-state index is 0.0625. The summed E-state index contributed by atoms with van der Waals surface area (Å²) >= 11 is 0. The van der Waals surface area contributed by atoms with Crippen LogP contribution in [0.25, 0.3) is 0 Å². The molecule has 0 aromatic rings. The van der Waals surface area contributed by atoms with Gasteiger partial charge in [-0.1, -0.05) is 56.8 Å². The van der Waals surface area contributed by atoms with E-state index < -0.39 is 0 Å². The van der Waals surface area contributed by atoms with Gasteiger partial charge in [-0.2, -0.15) is 0 Å². The second-order valence-electron chi connectivity index (χ2n) is 6.21. The van der Waals surface area contributed by atoms with Gasteiger partial charge in [0.15, 0.2) is 0 Å². The average molecular weight is 294 g/mol. The normalized spacial score (nSPS) is 12.9. The monoisotopic (exact) mass is 294 g/mol. The molecule has 0 rings (SSSR count). The van der Waals surface area contributed by atoms with Gasteiger partial charge in [0, 0.05) is 6.42 Å². The maximum Gasteiger partial charge on any atom is 0.306 e. The van der Waals surface area contributed by atoms with Crippen LogP contribution in [0.3, 0.4) is 0 Å². The van der Waals surface area contributed by atoms with Crippen LogP contribution in [0.4, 0.5) is 0 Å². The molecule has 21 heavy (non-hydrogen) atoms. The molecule has 0 radical (unpaired) electrons. The van der Waals surface area contributed by atoms with Gasteiger partial charge < -0.3 is 4.74 Å². The van der Waals surface area contributed by atoms with E-state index >= 15 is 0 Å². The van der Waals surface area contributed by atoms with Crippen LogP contribution in [-0.4, -0.2) is 12.6 Å². The highest BCUT2D eigenvalue weighted by atomic mass is 16.5. The molecule has 0 bridgehead atoms. The summed E-state index contributed by atoms with van der Waals surface area (Å²) in [6, 6.07) is 0. The zero-order valence-corrected chi connectivity index (χ0v) is 14.7. The van der Waals surface area contributed by atoms with E-state index in [1.165, 1.54) is 30.4 Å². The summed E-state index contributed by atoms with van der Waals surface area (Å²) in [7, 11) is 0. The van der Waals surface area contributed by atoms with Crippen LogP contribution in [0.2, 0.25) is 0 Å². The lowest BCUT2D eigenvalue weighted by Crippen LogP contribution is -2.05. The summed E-state index contributed by atoms with van der Waals surface area (Å²) in [5, 5.41) is 0. The van der Waals surface area contributed by atoms with Crippen molar-refractivity contribution in [2.24, 2.45) is 5.92 Å². The standard InChI is InChI=1S/C19H34O2/c1-6-7-8-9-10-11-19(20)21-15-14-18(5)17(4)13-12-16(2)3/h12,14,17H,6-11,13,15H2,1-5H3/b18-14+. The van der Waals surface area contributed by atoms with E-state index in [0.29, 0.717) is 18.9 Å². The Kier molecular flexibility index (Phi) is 12.0. The molecular formula is C19H34O2. The van der Waals surface area contributed by atoms with Crippen LogP contribution < -0.4 is 0 Å². The predicted octanol–water partition coefficient (Wildman–Crippen LogP) is 5.83. The van der Waals surface area contributed by atoms with E-state index in [1.54, 1.807) is 0 Å². The molecular weight excluding hydrogens is 260 g/mol. The Hall–Kier alpha value is -1.05. The molecule has 2 heteroatoms. The van der Waals surface area contributed by atoms with E-state index in [1.807, 2.05) is 6.08 Å². The highest BCUT2D eigenvalue weighted by Crippen LogP contribution is 2.15. The van der Waals surface area contributed by atoms with Crippen molar-refractivity contribution in [1.29, 1.82) is 0 Å². The zero-order valence-electron chi connectivity index (χ0n) is 14.7. The van der Waals surface area contributed by atoms with E-state index in [4.69, 9.17) is 4.74 Å². The number of unbranched alkanes of at least 4 members (excludes halogenated alkanes) is 4. The second kappa shape index (κ2) is 12.7. The van der Waals surface area contributed by atoms with Crippen LogP contribution in [0, 0.1) is 5.92 Å². The number of esters is 1. The quantitative estimate of drug-likeness (QED) is 0.272. The number of hydrogen-bond donors (Lipinski definition) is 0. The number of hydrogen-bond acceptors (Lipinski definition) is 2. The van der Waals surface area contributed by atoms with Gasteiger partial charge in [-0.05, 0) is 45.6 Å². The fourth-order valence-electron chi connectivity index (χ4n) is 2.01. The minimum Gasteiger partial charge on any atom is -0.461 e. The Morgan fingerprint density at radius 3 is 2.33 bits per heavy atom. The molecule has 2 nitrogen and oxygen atoms in total. The first-order chi connectivity index (χ1) is 9.97. The molecule has 0 N–H and O–H groups in total. The lowest BCUT2D eigenvalue weighted by molar-refractivity contribution is -0.142. The van der Waals surface area contributed by atoms with Crippen LogP contribution in [0.1, 0.15) is 79.6 Å². The molecule has 0 spiro atoms. The fraction of sp³-hybridized carbons (Fsp3) is 0.737. The first-order valence-electron chi connectivity index (χ1n) is 8.43. The van der Waals surface area contributed by atoms with Crippen molar-refractivity contribution in [1.82, 2.24) is 0 Å². The summed E-state index contributed by atoms with van der Waals surface area (Å²) in [6.07, 6.45) is 11.7. The summed E-state index contributed by atoms with van der Waals surface area (Å²) in [6.45, 7) is 11.2. The van der Waals surface area contributed by atoms with Gasteiger partial charge >= 0.3 is 5.97 Å². The van der Waals surface area contributed by atoms with Crippen molar-refractivity contribution in [2.45, 2.75) is 79.6 Å². The Labute approximate surface area is 131 Å². The predicted molar refractivity (Wildman–Crippen MR) is 91.3 cm³/mol. The molecule has 1 unspecified atom stereocenters. The summed E-state index contributed by atoms with van der Waals surface area (Å²) in [5.74, 6) is 0.445. The van der Waals surface area contributed by atoms with Gasteiger partial charge in [-0.3, -0.25) is 4.79 Å². The Morgan fingerprint density at radius 2 is 1.71 bits per heavy atom. The number of carbonyl (C=O) groups is 1. The van der Waals surface area contributed by atoms with Crippen LogP contribution >= 0.6 is 0 Å². The van der Waals surface area contributed by atoms with Crippen molar-refractivity contribution in [3.8, 4) is 0 Å². The number of ether oxygens (including phenoxy) is 1. The van der Waals surface area contributed by atoms with Gasteiger partial charge in [0.25, 0.3) is 0 Å². The van der Waals surface area contributed by atoms with E-state index in [2.05, 4.69) is 40.7 Å². The largest absolute Gasteiger partial charge is 0.461 e. The van der Waals surface area contributed by atoms with Gasteiger partial charge in [-0.15, -0.1) is 0 Å². The first-order valence-corrected chi connectivity index (χ1v) is 8.43.